The van der Waals surface area contributed by atoms with Crippen molar-refractivity contribution >= 4 is 17.3 Å². The molecule has 0 heterocycles. The quantitative estimate of drug-likeness (QED) is 0.113. The second-order valence-electron chi connectivity index (χ2n) is 9.24. The van der Waals surface area contributed by atoms with Crippen molar-refractivity contribution in [3.63, 3.8) is 0 Å². The number of benzene rings is 1. The fraction of sp³-hybridized carbons (Fsp3) is 0.690. The van der Waals surface area contributed by atoms with Gasteiger partial charge in [-0.25, -0.2) is 0 Å². The molecule has 0 saturated heterocycles. The maximum atomic E-state index is 5.58. The first-order valence-corrected chi connectivity index (χ1v) is 14.3. The van der Waals surface area contributed by atoms with Gasteiger partial charge in [-0.2, -0.15) is 0 Å². The summed E-state index contributed by atoms with van der Waals surface area (Å²) in [6.07, 6.45) is 24.7. The van der Waals surface area contributed by atoms with Crippen LogP contribution in [0.4, 0.5) is 0 Å². The number of hydrogen-bond donors (Lipinski definition) is 3. The lowest BCUT2D eigenvalue weighted by atomic mass is 10.0. The van der Waals surface area contributed by atoms with Crippen molar-refractivity contribution in [2.75, 3.05) is 20.3 Å². The van der Waals surface area contributed by atoms with Crippen LogP contribution in [-0.2, 0) is 6.54 Å². The summed E-state index contributed by atoms with van der Waals surface area (Å²) in [6.45, 7) is 3.84. The molecule has 0 spiro atoms. The summed E-state index contributed by atoms with van der Waals surface area (Å²) in [4.78, 5) is 0. The molecule has 0 aliphatic carbocycles. The third-order valence-corrected chi connectivity index (χ3v) is 6.38. The maximum absolute atomic E-state index is 5.58. The molecule has 5 nitrogen and oxygen atoms in total. The molecule has 0 bridgehead atoms. The van der Waals surface area contributed by atoms with E-state index in [1.165, 1.54) is 89.9 Å². The molecular weight excluding hydrogens is 454 g/mol. The number of rotatable bonds is 22. The maximum Gasteiger partial charge on any atom is 0.170 e. The minimum Gasteiger partial charge on any atom is -0.493 e. The Bertz CT molecular complexity index is 682. The minimum atomic E-state index is 0.466. The summed E-state index contributed by atoms with van der Waals surface area (Å²) >= 11 is 5.36. The van der Waals surface area contributed by atoms with Crippen LogP contribution in [0.5, 0.6) is 11.5 Å². The van der Waals surface area contributed by atoms with Crippen LogP contribution < -0.4 is 25.8 Å². The Labute approximate surface area is 220 Å². The van der Waals surface area contributed by atoms with Crippen molar-refractivity contribution in [2.24, 2.45) is 5.73 Å². The molecule has 0 aromatic heterocycles. The van der Waals surface area contributed by atoms with Gasteiger partial charge >= 0.3 is 0 Å². The monoisotopic (exact) mass is 505 g/mol. The first-order chi connectivity index (χ1) is 17.2. The number of ether oxygens (including phenoxy) is 2. The van der Waals surface area contributed by atoms with Gasteiger partial charge in [0.05, 0.1) is 7.11 Å². The van der Waals surface area contributed by atoms with Crippen LogP contribution in [0.3, 0.4) is 0 Å². The van der Waals surface area contributed by atoms with Gasteiger partial charge < -0.3 is 25.8 Å². The van der Waals surface area contributed by atoms with E-state index < -0.39 is 0 Å². The molecule has 0 atom stereocenters. The van der Waals surface area contributed by atoms with Gasteiger partial charge in [-0.05, 0) is 49.0 Å². The average Bonchev–Trinajstić information content (AvgIpc) is 2.88. The largest absolute Gasteiger partial charge is 0.493 e. The SMILES string of the molecule is CCCCCCCCCCCCCCCCC=CNC(=S)NCc1ccc(OCCN)c(OC)c1. The van der Waals surface area contributed by atoms with Crippen molar-refractivity contribution in [3.8, 4) is 11.5 Å². The second kappa shape index (κ2) is 22.7. The first kappa shape index (κ1) is 31.2. The van der Waals surface area contributed by atoms with Crippen LogP contribution in [0, 0.1) is 0 Å². The van der Waals surface area contributed by atoms with Crippen LogP contribution in [-0.4, -0.2) is 25.4 Å². The Morgan fingerprint density at radius 3 is 2.06 bits per heavy atom. The highest BCUT2D eigenvalue weighted by Crippen LogP contribution is 2.27. The van der Waals surface area contributed by atoms with Gasteiger partial charge in [-0.1, -0.05) is 103 Å². The van der Waals surface area contributed by atoms with E-state index in [0.717, 1.165) is 12.0 Å². The van der Waals surface area contributed by atoms with Crippen LogP contribution in [0.25, 0.3) is 0 Å². The van der Waals surface area contributed by atoms with E-state index in [2.05, 4.69) is 23.6 Å². The van der Waals surface area contributed by atoms with Crippen molar-refractivity contribution < 1.29 is 9.47 Å². The third kappa shape index (κ3) is 17.3. The number of hydrogen-bond acceptors (Lipinski definition) is 4. The fourth-order valence-corrected chi connectivity index (χ4v) is 4.16. The summed E-state index contributed by atoms with van der Waals surface area (Å²) in [5, 5.41) is 6.98. The fourth-order valence-electron chi connectivity index (χ4n) is 4.02. The highest BCUT2D eigenvalue weighted by Gasteiger charge is 2.06. The molecule has 200 valence electrons. The van der Waals surface area contributed by atoms with Crippen LogP contribution >= 0.6 is 12.2 Å². The summed E-state index contributed by atoms with van der Waals surface area (Å²) in [5.41, 5.74) is 6.56. The highest BCUT2D eigenvalue weighted by molar-refractivity contribution is 7.80. The Kier molecular flexibility index (Phi) is 20.2. The van der Waals surface area contributed by atoms with E-state index in [9.17, 15) is 0 Å². The molecule has 1 aromatic rings. The molecule has 4 N–H and O–H groups in total. The molecule has 0 aliphatic heterocycles. The van der Waals surface area contributed by atoms with Crippen molar-refractivity contribution in [2.45, 2.75) is 110 Å². The molecular formula is C29H51N3O2S. The predicted molar refractivity (Wildman–Crippen MR) is 154 cm³/mol. The number of thiocarbonyl (C=S) groups is 1. The summed E-state index contributed by atoms with van der Waals surface area (Å²) in [7, 11) is 1.64. The molecule has 0 amide bonds. The smallest absolute Gasteiger partial charge is 0.170 e. The van der Waals surface area contributed by atoms with Crippen LogP contribution in [0.1, 0.15) is 109 Å². The van der Waals surface area contributed by atoms with Gasteiger partial charge in [0, 0.05) is 13.1 Å². The van der Waals surface area contributed by atoms with Gasteiger partial charge in [0.15, 0.2) is 16.6 Å². The molecule has 6 heteroatoms. The number of nitrogens with two attached hydrogens (primary N) is 1. The number of nitrogens with one attached hydrogen (secondary N) is 2. The Balaban J connectivity index is 1.98. The number of allylic oxidation sites excluding steroid dienone is 1. The van der Waals surface area contributed by atoms with E-state index in [4.69, 9.17) is 27.4 Å². The number of methoxy groups -OCH3 is 1. The van der Waals surface area contributed by atoms with E-state index in [0.29, 0.717) is 36.3 Å². The van der Waals surface area contributed by atoms with Gasteiger partial charge in [0.1, 0.15) is 6.61 Å². The van der Waals surface area contributed by atoms with Crippen molar-refractivity contribution in [3.05, 3.63) is 36.0 Å². The lowest BCUT2D eigenvalue weighted by Gasteiger charge is -2.12. The highest BCUT2D eigenvalue weighted by atomic mass is 32.1. The van der Waals surface area contributed by atoms with E-state index in [1.54, 1.807) is 7.11 Å². The normalized spacial score (nSPS) is 11.1. The van der Waals surface area contributed by atoms with E-state index >= 15 is 0 Å². The van der Waals surface area contributed by atoms with Gasteiger partial charge in [0.2, 0.25) is 0 Å². The molecule has 0 aliphatic rings. The zero-order valence-electron chi connectivity index (χ0n) is 22.4. The van der Waals surface area contributed by atoms with E-state index in [-0.39, 0.29) is 0 Å². The topological polar surface area (TPSA) is 68.5 Å². The third-order valence-electron chi connectivity index (χ3n) is 6.11. The Morgan fingerprint density at radius 2 is 1.49 bits per heavy atom. The lowest BCUT2D eigenvalue weighted by Crippen LogP contribution is -2.31. The standard InChI is InChI=1S/C29H51N3O2S/c1-3-4-5-6-7-8-9-10-11-12-13-14-15-16-17-18-22-31-29(35)32-25-26-19-20-27(34-23-21-30)28(24-26)33-2/h18-20,22,24H,3-17,21,23,25,30H2,1-2H3,(H2,31,32,35). The number of unbranched alkanes of at least 4 members (excludes halogenated alkanes) is 14. The predicted octanol–water partition coefficient (Wildman–Crippen LogP) is 7.38. The van der Waals surface area contributed by atoms with Crippen LogP contribution in [0.15, 0.2) is 30.5 Å². The average molecular weight is 506 g/mol. The Hall–Kier alpha value is -1.79. The zero-order chi connectivity index (χ0) is 25.4. The molecule has 1 rings (SSSR count). The van der Waals surface area contributed by atoms with Gasteiger partial charge in [-0.15, -0.1) is 0 Å². The molecule has 0 unspecified atom stereocenters. The second-order valence-corrected chi connectivity index (χ2v) is 9.64. The lowest BCUT2D eigenvalue weighted by molar-refractivity contribution is 0.302. The van der Waals surface area contributed by atoms with Crippen LogP contribution in [0.2, 0.25) is 0 Å². The Morgan fingerprint density at radius 1 is 0.886 bits per heavy atom. The summed E-state index contributed by atoms with van der Waals surface area (Å²) in [5.74, 6) is 1.40. The van der Waals surface area contributed by atoms with Gasteiger partial charge in [0.25, 0.3) is 0 Å². The summed E-state index contributed by atoms with van der Waals surface area (Å²) < 4.78 is 11.0. The molecule has 35 heavy (non-hydrogen) atoms. The van der Waals surface area contributed by atoms with E-state index in [1.807, 2.05) is 24.4 Å². The molecule has 0 fully saturated rings. The molecule has 0 radical (unpaired) electrons. The van der Waals surface area contributed by atoms with Crippen molar-refractivity contribution in [1.82, 2.24) is 10.6 Å². The van der Waals surface area contributed by atoms with Crippen molar-refractivity contribution in [1.29, 1.82) is 0 Å². The molecule has 1 aromatic carbocycles. The zero-order valence-corrected chi connectivity index (χ0v) is 23.2. The first-order valence-electron chi connectivity index (χ1n) is 13.9. The van der Waals surface area contributed by atoms with Gasteiger partial charge in [-0.3, -0.25) is 0 Å². The minimum absolute atomic E-state index is 0.466. The summed E-state index contributed by atoms with van der Waals surface area (Å²) in [6, 6.07) is 5.85. The molecule has 0 saturated carbocycles.